The van der Waals surface area contributed by atoms with Gasteiger partial charge in [-0.2, -0.15) is 0 Å². The number of benzene rings is 2. The highest BCUT2D eigenvalue weighted by molar-refractivity contribution is 9.10. The monoisotopic (exact) mass is 537 g/mol. The number of sulfonamides is 1. The molecule has 0 unspecified atom stereocenters. The van der Waals surface area contributed by atoms with Gasteiger partial charge < -0.3 is 10.2 Å². The molecule has 0 fully saturated rings. The first-order chi connectivity index (χ1) is 15.2. The Balaban J connectivity index is 2.39. The van der Waals surface area contributed by atoms with Crippen molar-refractivity contribution < 1.29 is 18.0 Å². The Morgan fingerprint density at radius 2 is 1.70 bits per heavy atom. The number of aryl methyl sites for hydroxylation is 1. The lowest BCUT2D eigenvalue weighted by molar-refractivity contribution is -0.140. The summed E-state index contributed by atoms with van der Waals surface area (Å²) >= 11 is 3.33. The van der Waals surface area contributed by atoms with Crippen molar-refractivity contribution in [1.29, 1.82) is 0 Å². The number of anilines is 1. The molecule has 9 heteroatoms. The van der Waals surface area contributed by atoms with Crippen molar-refractivity contribution in [2.75, 3.05) is 17.1 Å². The Kier molecular flexibility index (Phi) is 8.70. The minimum absolute atomic E-state index is 0.178. The maximum atomic E-state index is 13.5. The molecule has 0 bridgehead atoms. The van der Waals surface area contributed by atoms with Gasteiger partial charge >= 0.3 is 0 Å². The fourth-order valence-corrected chi connectivity index (χ4v) is 4.40. The van der Waals surface area contributed by atoms with Gasteiger partial charge in [-0.05, 0) is 64.4 Å². The Bertz CT molecular complexity index is 1100. The fraction of sp³-hybridized carbons (Fsp3) is 0.417. The van der Waals surface area contributed by atoms with E-state index < -0.39 is 34.1 Å². The molecule has 0 spiro atoms. The summed E-state index contributed by atoms with van der Waals surface area (Å²) in [7, 11) is -3.74. The average Bonchev–Trinajstić information content (AvgIpc) is 2.68. The van der Waals surface area contributed by atoms with Gasteiger partial charge in [-0.1, -0.05) is 45.8 Å². The maximum Gasteiger partial charge on any atom is 0.244 e. The van der Waals surface area contributed by atoms with Crippen LogP contribution in [0.1, 0.15) is 38.8 Å². The predicted molar refractivity (Wildman–Crippen MR) is 135 cm³/mol. The molecule has 2 rings (SSSR count). The molecule has 2 amide bonds. The van der Waals surface area contributed by atoms with E-state index in [1.165, 1.54) is 4.90 Å². The number of hydrogen-bond donors (Lipinski definition) is 1. The normalized spacial score (nSPS) is 12.7. The van der Waals surface area contributed by atoms with Crippen LogP contribution in [0.2, 0.25) is 0 Å². The number of nitrogens with one attached hydrogen (secondary N) is 1. The molecule has 33 heavy (non-hydrogen) atoms. The lowest BCUT2D eigenvalue weighted by atomic mass is 10.1. The topological polar surface area (TPSA) is 86.8 Å². The molecule has 0 saturated carbocycles. The van der Waals surface area contributed by atoms with Gasteiger partial charge in [-0.25, -0.2) is 8.42 Å². The molecular formula is C24H32BrN3O4S. The standard InChI is InChI=1S/C24H32BrN3O4S/c1-17-8-7-9-19(14-17)15-27(18(2)23(30)26-24(3,4)5)22(29)16-28(33(6,31)32)21-12-10-20(25)11-13-21/h7-14,18H,15-16H2,1-6H3,(H,26,30)/t18-/m0/s1. The number of halogens is 1. The van der Waals surface area contributed by atoms with Crippen LogP contribution in [0, 0.1) is 6.92 Å². The van der Waals surface area contributed by atoms with Gasteiger partial charge in [0.05, 0.1) is 11.9 Å². The third-order valence-electron chi connectivity index (χ3n) is 4.89. The van der Waals surface area contributed by atoms with Gasteiger partial charge in [-0.15, -0.1) is 0 Å². The summed E-state index contributed by atoms with van der Waals surface area (Å²) < 4.78 is 26.9. The lowest BCUT2D eigenvalue weighted by Gasteiger charge is -2.33. The van der Waals surface area contributed by atoms with Crippen molar-refractivity contribution in [3.63, 3.8) is 0 Å². The summed E-state index contributed by atoms with van der Waals surface area (Å²) in [6.07, 6.45) is 1.06. The highest BCUT2D eigenvalue weighted by atomic mass is 79.9. The summed E-state index contributed by atoms with van der Waals surface area (Å²) in [6.45, 7) is 8.95. The van der Waals surface area contributed by atoms with Crippen LogP contribution in [0.3, 0.4) is 0 Å². The third-order valence-corrected chi connectivity index (χ3v) is 6.56. The Morgan fingerprint density at radius 1 is 1.09 bits per heavy atom. The summed E-state index contributed by atoms with van der Waals surface area (Å²) in [5.41, 5.74) is 1.78. The van der Waals surface area contributed by atoms with Crippen LogP contribution in [0.4, 0.5) is 5.69 Å². The lowest BCUT2D eigenvalue weighted by Crippen LogP contribution is -2.54. The predicted octanol–water partition coefficient (Wildman–Crippen LogP) is 3.86. The second-order valence-electron chi connectivity index (χ2n) is 9.17. The third kappa shape index (κ3) is 8.16. The number of hydrogen-bond acceptors (Lipinski definition) is 4. The van der Waals surface area contributed by atoms with Crippen LogP contribution in [0.5, 0.6) is 0 Å². The smallest absolute Gasteiger partial charge is 0.244 e. The van der Waals surface area contributed by atoms with E-state index in [4.69, 9.17) is 0 Å². The van der Waals surface area contributed by atoms with Gasteiger partial charge in [0.1, 0.15) is 12.6 Å². The number of nitrogens with zero attached hydrogens (tertiary/aromatic N) is 2. The quantitative estimate of drug-likeness (QED) is 0.553. The van der Waals surface area contributed by atoms with Crippen LogP contribution in [-0.2, 0) is 26.2 Å². The Morgan fingerprint density at radius 3 is 2.21 bits per heavy atom. The summed E-state index contributed by atoms with van der Waals surface area (Å²) in [6, 6.07) is 13.5. The molecule has 0 heterocycles. The van der Waals surface area contributed by atoms with Crippen molar-refractivity contribution in [1.82, 2.24) is 10.2 Å². The highest BCUT2D eigenvalue weighted by Crippen LogP contribution is 2.22. The zero-order chi connectivity index (χ0) is 25.0. The number of rotatable bonds is 8. The molecule has 0 radical (unpaired) electrons. The first kappa shape index (κ1) is 26.9. The van der Waals surface area contributed by atoms with E-state index in [1.807, 2.05) is 52.0 Å². The minimum atomic E-state index is -3.74. The van der Waals surface area contributed by atoms with Crippen LogP contribution < -0.4 is 9.62 Å². The van der Waals surface area contributed by atoms with Crippen LogP contribution >= 0.6 is 15.9 Å². The first-order valence-corrected chi connectivity index (χ1v) is 13.2. The fourth-order valence-electron chi connectivity index (χ4n) is 3.28. The Hall–Kier alpha value is -2.39. The molecule has 1 atom stereocenters. The molecule has 1 N–H and O–H groups in total. The molecule has 2 aromatic carbocycles. The number of carbonyl (C=O) groups is 2. The van der Waals surface area contributed by atoms with Crippen LogP contribution in [-0.4, -0.2) is 49.5 Å². The molecule has 0 aliphatic carbocycles. The van der Waals surface area contributed by atoms with Crippen molar-refractivity contribution >= 4 is 43.5 Å². The molecule has 2 aromatic rings. The first-order valence-electron chi connectivity index (χ1n) is 10.6. The average molecular weight is 539 g/mol. The van der Waals surface area contributed by atoms with Gasteiger partial charge in [0.2, 0.25) is 21.8 Å². The highest BCUT2D eigenvalue weighted by Gasteiger charge is 2.31. The Labute approximate surface area is 205 Å². The zero-order valence-corrected chi connectivity index (χ0v) is 22.3. The van der Waals surface area contributed by atoms with Crippen LogP contribution in [0.25, 0.3) is 0 Å². The van der Waals surface area contributed by atoms with E-state index in [1.54, 1.807) is 31.2 Å². The minimum Gasteiger partial charge on any atom is -0.350 e. The van der Waals surface area contributed by atoms with E-state index >= 15 is 0 Å². The largest absolute Gasteiger partial charge is 0.350 e. The molecule has 0 aliphatic rings. The van der Waals surface area contributed by atoms with Crippen LogP contribution in [0.15, 0.2) is 53.0 Å². The summed E-state index contributed by atoms with van der Waals surface area (Å²) in [4.78, 5) is 27.8. The SMILES string of the molecule is Cc1cccc(CN(C(=O)CN(c2ccc(Br)cc2)S(C)(=O)=O)[C@@H](C)C(=O)NC(C)(C)C)c1. The van der Waals surface area contributed by atoms with Gasteiger partial charge in [0.25, 0.3) is 0 Å². The molecule has 0 saturated heterocycles. The molecule has 0 aliphatic heterocycles. The van der Waals surface area contributed by atoms with Crippen molar-refractivity contribution in [2.24, 2.45) is 0 Å². The van der Waals surface area contributed by atoms with E-state index in [9.17, 15) is 18.0 Å². The van der Waals surface area contributed by atoms with Gasteiger partial charge in [0, 0.05) is 16.6 Å². The molecule has 0 aromatic heterocycles. The van der Waals surface area contributed by atoms with E-state index in [2.05, 4.69) is 21.2 Å². The number of amides is 2. The maximum absolute atomic E-state index is 13.5. The summed E-state index contributed by atoms with van der Waals surface area (Å²) in [5.74, 6) is -0.778. The van der Waals surface area contributed by atoms with E-state index in [-0.39, 0.29) is 12.5 Å². The molecular weight excluding hydrogens is 506 g/mol. The zero-order valence-electron chi connectivity index (χ0n) is 19.9. The van der Waals surface area contributed by atoms with Crippen molar-refractivity contribution in [2.45, 2.75) is 52.7 Å². The second kappa shape index (κ2) is 10.7. The molecule has 180 valence electrons. The van der Waals surface area contributed by atoms with Crippen molar-refractivity contribution in [3.05, 3.63) is 64.1 Å². The van der Waals surface area contributed by atoms with E-state index in [0.29, 0.717) is 5.69 Å². The summed E-state index contributed by atoms with van der Waals surface area (Å²) in [5, 5.41) is 2.90. The molecule has 7 nitrogen and oxygen atoms in total. The van der Waals surface area contributed by atoms with Gasteiger partial charge in [0.15, 0.2) is 0 Å². The second-order valence-corrected chi connectivity index (χ2v) is 12.0. The van der Waals surface area contributed by atoms with E-state index in [0.717, 1.165) is 26.2 Å². The number of carbonyl (C=O) groups excluding carboxylic acids is 2. The van der Waals surface area contributed by atoms with Gasteiger partial charge in [-0.3, -0.25) is 13.9 Å². The van der Waals surface area contributed by atoms with Crippen molar-refractivity contribution in [3.8, 4) is 0 Å².